The first kappa shape index (κ1) is 15.1. The minimum Gasteiger partial charge on any atom is -0.378 e. The van der Waals surface area contributed by atoms with Crippen molar-refractivity contribution in [3.05, 3.63) is 35.6 Å². The zero-order valence-electron chi connectivity index (χ0n) is 12.1. The van der Waals surface area contributed by atoms with E-state index in [0.717, 1.165) is 32.5 Å². The Balaban J connectivity index is 1.93. The first-order chi connectivity index (χ1) is 9.61. The third-order valence-electron chi connectivity index (χ3n) is 3.93. The van der Waals surface area contributed by atoms with Gasteiger partial charge < -0.3 is 4.74 Å². The summed E-state index contributed by atoms with van der Waals surface area (Å²) in [5.41, 5.74) is 0.575. The van der Waals surface area contributed by atoms with E-state index in [0.29, 0.717) is 11.7 Å². The molecule has 0 radical (unpaired) electrons. The van der Waals surface area contributed by atoms with Crippen molar-refractivity contribution >= 4 is 5.78 Å². The summed E-state index contributed by atoms with van der Waals surface area (Å²) in [7, 11) is 0. The van der Waals surface area contributed by atoms with E-state index < -0.39 is 0 Å². The number of ether oxygens (including phenoxy) is 1. The Morgan fingerprint density at radius 1 is 1.35 bits per heavy atom. The molecule has 1 atom stereocenters. The Hall–Kier alpha value is -1.26. The Morgan fingerprint density at radius 2 is 1.95 bits per heavy atom. The molecule has 1 heterocycles. The van der Waals surface area contributed by atoms with Gasteiger partial charge in [0.15, 0.2) is 5.78 Å². The zero-order valence-corrected chi connectivity index (χ0v) is 12.1. The maximum atomic E-state index is 12.9. The fourth-order valence-electron chi connectivity index (χ4n) is 2.69. The highest BCUT2D eigenvalue weighted by molar-refractivity contribution is 5.99. The number of rotatable bonds is 5. The van der Waals surface area contributed by atoms with Gasteiger partial charge in [-0.15, -0.1) is 0 Å². The van der Waals surface area contributed by atoms with Crippen molar-refractivity contribution in [2.45, 2.75) is 38.8 Å². The molecule has 3 nitrogen and oxygen atoms in total. The molecule has 1 aliphatic heterocycles. The molecule has 1 aliphatic rings. The van der Waals surface area contributed by atoms with Crippen LogP contribution in [0.25, 0.3) is 0 Å². The van der Waals surface area contributed by atoms with Crippen LogP contribution in [-0.4, -0.2) is 42.5 Å². The highest BCUT2D eigenvalue weighted by atomic mass is 19.1. The topological polar surface area (TPSA) is 29.5 Å². The van der Waals surface area contributed by atoms with Gasteiger partial charge >= 0.3 is 0 Å². The second kappa shape index (κ2) is 6.95. The SMILES string of the molecule is CCOC1CCN(C(C)C(=O)c2ccc(F)cc2)CC1. The highest BCUT2D eigenvalue weighted by Crippen LogP contribution is 2.18. The Kier molecular flexibility index (Phi) is 5.26. The van der Waals surface area contributed by atoms with Crippen LogP contribution in [-0.2, 0) is 4.74 Å². The summed E-state index contributed by atoms with van der Waals surface area (Å²) >= 11 is 0. The Labute approximate surface area is 119 Å². The number of Topliss-reactive ketones (excluding diaryl/α,β-unsaturated/α-hetero) is 1. The van der Waals surface area contributed by atoms with Crippen molar-refractivity contribution < 1.29 is 13.9 Å². The molecule has 4 heteroatoms. The molecule has 1 unspecified atom stereocenters. The molecule has 0 aliphatic carbocycles. The van der Waals surface area contributed by atoms with E-state index in [-0.39, 0.29) is 17.6 Å². The largest absolute Gasteiger partial charge is 0.378 e. The third kappa shape index (κ3) is 3.64. The molecule has 0 saturated carbocycles. The lowest BCUT2D eigenvalue weighted by atomic mass is 10.0. The second-order valence-electron chi connectivity index (χ2n) is 5.24. The van der Waals surface area contributed by atoms with Gasteiger partial charge in [-0.25, -0.2) is 4.39 Å². The third-order valence-corrected chi connectivity index (χ3v) is 3.93. The first-order valence-corrected chi connectivity index (χ1v) is 7.27. The minimum atomic E-state index is -0.313. The summed E-state index contributed by atoms with van der Waals surface area (Å²) in [6.45, 7) is 6.42. The van der Waals surface area contributed by atoms with Crippen LogP contribution in [0.15, 0.2) is 24.3 Å². The van der Waals surface area contributed by atoms with E-state index in [1.165, 1.54) is 12.1 Å². The van der Waals surface area contributed by atoms with E-state index >= 15 is 0 Å². The summed E-state index contributed by atoms with van der Waals surface area (Å²) in [5, 5.41) is 0. The first-order valence-electron chi connectivity index (χ1n) is 7.27. The molecule has 2 rings (SSSR count). The lowest BCUT2D eigenvalue weighted by Gasteiger charge is -2.35. The van der Waals surface area contributed by atoms with Crippen molar-refractivity contribution in [2.24, 2.45) is 0 Å². The fraction of sp³-hybridized carbons (Fsp3) is 0.562. The quantitative estimate of drug-likeness (QED) is 0.776. The van der Waals surface area contributed by atoms with Crippen molar-refractivity contribution in [3.63, 3.8) is 0 Å². The van der Waals surface area contributed by atoms with Crippen molar-refractivity contribution in [1.29, 1.82) is 0 Å². The molecule has 0 amide bonds. The zero-order chi connectivity index (χ0) is 14.5. The highest BCUT2D eigenvalue weighted by Gasteiger charge is 2.27. The predicted molar refractivity (Wildman–Crippen MR) is 76.4 cm³/mol. The van der Waals surface area contributed by atoms with Gasteiger partial charge in [0.25, 0.3) is 0 Å². The number of benzene rings is 1. The van der Waals surface area contributed by atoms with E-state index in [2.05, 4.69) is 4.90 Å². The van der Waals surface area contributed by atoms with Crippen LogP contribution in [0.4, 0.5) is 4.39 Å². The molecule has 0 bridgehead atoms. The molecular formula is C16H22FNO2. The molecule has 1 aromatic carbocycles. The number of nitrogens with zero attached hydrogens (tertiary/aromatic N) is 1. The van der Waals surface area contributed by atoms with Crippen molar-refractivity contribution in [1.82, 2.24) is 4.90 Å². The van der Waals surface area contributed by atoms with Crippen LogP contribution in [0.5, 0.6) is 0 Å². The summed E-state index contributed by atoms with van der Waals surface area (Å²) < 4.78 is 18.5. The normalized spacial score (nSPS) is 18.9. The van der Waals surface area contributed by atoms with Crippen LogP contribution in [0.1, 0.15) is 37.0 Å². The summed E-state index contributed by atoms with van der Waals surface area (Å²) in [6.07, 6.45) is 2.26. The van der Waals surface area contributed by atoms with Gasteiger partial charge in [0, 0.05) is 25.3 Å². The molecule has 1 saturated heterocycles. The minimum absolute atomic E-state index is 0.0554. The lowest BCUT2D eigenvalue weighted by Crippen LogP contribution is -2.45. The summed E-state index contributed by atoms with van der Waals surface area (Å²) in [4.78, 5) is 14.5. The van der Waals surface area contributed by atoms with Gasteiger partial charge in [0.1, 0.15) is 5.82 Å². The molecule has 0 spiro atoms. The van der Waals surface area contributed by atoms with Gasteiger partial charge in [0.05, 0.1) is 12.1 Å². The van der Waals surface area contributed by atoms with Crippen LogP contribution in [0.2, 0.25) is 0 Å². The molecular weight excluding hydrogens is 257 g/mol. The van der Waals surface area contributed by atoms with Crippen LogP contribution in [0.3, 0.4) is 0 Å². The van der Waals surface area contributed by atoms with Crippen molar-refractivity contribution in [3.8, 4) is 0 Å². The smallest absolute Gasteiger partial charge is 0.179 e. The summed E-state index contributed by atoms with van der Waals surface area (Å²) in [6, 6.07) is 5.62. The van der Waals surface area contributed by atoms with Gasteiger partial charge in [-0.3, -0.25) is 9.69 Å². The number of carbonyl (C=O) groups excluding carboxylic acids is 1. The van der Waals surface area contributed by atoms with E-state index in [1.807, 2.05) is 13.8 Å². The number of hydrogen-bond donors (Lipinski definition) is 0. The monoisotopic (exact) mass is 279 g/mol. The fourth-order valence-corrected chi connectivity index (χ4v) is 2.69. The lowest BCUT2D eigenvalue weighted by molar-refractivity contribution is 0.00677. The van der Waals surface area contributed by atoms with Crippen LogP contribution >= 0.6 is 0 Å². The van der Waals surface area contributed by atoms with E-state index in [1.54, 1.807) is 12.1 Å². The summed E-state index contributed by atoms with van der Waals surface area (Å²) in [5.74, 6) is -0.258. The molecule has 0 N–H and O–H groups in total. The van der Waals surface area contributed by atoms with Gasteiger partial charge in [-0.05, 0) is 51.0 Å². The number of carbonyl (C=O) groups is 1. The molecule has 0 aromatic heterocycles. The Bertz CT molecular complexity index is 438. The number of ketones is 1. The van der Waals surface area contributed by atoms with Crippen molar-refractivity contribution in [2.75, 3.05) is 19.7 Å². The molecule has 1 aromatic rings. The maximum absolute atomic E-state index is 12.9. The number of piperidine rings is 1. The number of hydrogen-bond acceptors (Lipinski definition) is 3. The molecule has 20 heavy (non-hydrogen) atoms. The molecule has 1 fully saturated rings. The van der Waals surface area contributed by atoms with Gasteiger partial charge in [-0.1, -0.05) is 0 Å². The number of likely N-dealkylation sites (tertiary alicyclic amines) is 1. The van der Waals surface area contributed by atoms with Crippen LogP contribution < -0.4 is 0 Å². The standard InChI is InChI=1S/C16H22FNO2/c1-3-20-15-8-10-18(11-9-15)12(2)16(19)13-4-6-14(17)7-5-13/h4-7,12,15H,3,8-11H2,1-2H3. The average molecular weight is 279 g/mol. The van der Waals surface area contributed by atoms with Gasteiger partial charge in [0.2, 0.25) is 0 Å². The van der Waals surface area contributed by atoms with Crippen LogP contribution in [0, 0.1) is 5.82 Å². The average Bonchev–Trinajstić information content (AvgIpc) is 2.48. The predicted octanol–water partition coefficient (Wildman–Crippen LogP) is 2.90. The Morgan fingerprint density at radius 3 is 2.50 bits per heavy atom. The van der Waals surface area contributed by atoms with Gasteiger partial charge in [-0.2, -0.15) is 0 Å². The van der Waals surface area contributed by atoms with E-state index in [4.69, 9.17) is 4.74 Å². The second-order valence-corrected chi connectivity index (χ2v) is 5.24. The van der Waals surface area contributed by atoms with E-state index in [9.17, 15) is 9.18 Å². The molecule has 110 valence electrons. The maximum Gasteiger partial charge on any atom is 0.179 e. The number of halogens is 1.